The summed E-state index contributed by atoms with van der Waals surface area (Å²) in [6.45, 7) is 3.59. The number of rotatable bonds is 3. The Balaban J connectivity index is 2.47. The average Bonchev–Trinajstić information content (AvgIpc) is 2.42. The molecule has 0 saturated carbocycles. The van der Waals surface area contributed by atoms with Crippen molar-refractivity contribution in [2.75, 3.05) is 13.2 Å². The summed E-state index contributed by atoms with van der Waals surface area (Å²) in [7, 11) is 0. The zero-order chi connectivity index (χ0) is 16.1. The molecule has 9 heteroatoms. The standard InChI is InChI=1S/C12H18N2O7/c1-6-3-4-21-12(7(16)10(2,19)5-15)9(18)13-11(6,20)8(17)14-12/h7,15-16,19-20H,1,3-5H2,2H3,(H,13,18)(H,14,17)/t7-,10-,11+,12-/m0/s1. The number of aliphatic hydroxyl groups excluding tert-OH is 2. The average molecular weight is 302 g/mol. The lowest BCUT2D eigenvalue weighted by Crippen LogP contribution is -2.82. The molecule has 0 unspecified atom stereocenters. The zero-order valence-electron chi connectivity index (χ0n) is 11.4. The van der Waals surface area contributed by atoms with E-state index in [2.05, 4.69) is 11.9 Å². The zero-order valence-corrected chi connectivity index (χ0v) is 11.4. The van der Waals surface area contributed by atoms with Crippen molar-refractivity contribution in [3.05, 3.63) is 12.2 Å². The van der Waals surface area contributed by atoms with Crippen molar-refractivity contribution in [3.8, 4) is 0 Å². The van der Waals surface area contributed by atoms with Crippen LogP contribution < -0.4 is 10.6 Å². The van der Waals surface area contributed by atoms with E-state index in [1.807, 2.05) is 5.32 Å². The Morgan fingerprint density at radius 1 is 1.43 bits per heavy atom. The molecular weight excluding hydrogens is 284 g/mol. The Kier molecular flexibility index (Phi) is 3.59. The second-order valence-corrected chi connectivity index (χ2v) is 5.47. The molecule has 2 bridgehead atoms. The highest BCUT2D eigenvalue weighted by atomic mass is 16.5. The highest BCUT2D eigenvalue weighted by molar-refractivity contribution is 6.02. The minimum Gasteiger partial charge on any atom is -0.393 e. The lowest BCUT2D eigenvalue weighted by molar-refractivity contribution is -0.230. The Bertz CT molecular complexity index is 506. The molecule has 0 aromatic rings. The number of fused-ring (bicyclic) bond motifs is 5. The van der Waals surface area contributed by atoms with Crippen molar-refractivity contribution < 1.29 is 34.8 Å². The molecular formula is C12H18N2O7. The van der Waals surface area contributed by atoms with Gasteiger partial charge in [-0.15, -0.1) is 0 Å². The normalized spacial score (nSPS) is 37.1. The van der Waals surface area contributed by atoms with Crippen LogP contribution in [0.1, 0.15) is 13.3 Å². The summed E-state index contributed by atoms with van der Waals surface area (Å²) in [6, 6.07) is 0. The van der Waals surface area contributed by atoms with Gasteiger partial charge in [0.25, 0.3) is 17.5 Å². The molecule has 3 saturated heterocycles. The van der Waals surface area contributed by atoms with Gasteiger partial charge < -0.3 is 35.8 Å². The van der Waals surface area contributed by atoms with Gasteiger partial charge in [-0.2, -0.15) is 0 Å². The molecule has 3 aliphatic rings. The third-order valence-corrected chi connectivity index (χ3v) is 3.80. The van der Waals surface area contributed by atoms with Crippen molar-refractivity contribution in [2.24, 2.45) is 0 Å². The maximum Gasteiger partial charge on any atom is 0.280 e. The van der Waals surface area contributed by atoms with Crippen molar-refractivity contribution in [1.82, 2.24) is 10.6 Å². The van der Waals surface area contributed by atoms with Gasteiger partial charge in [-0.05, 0) is 18.9 Å². The molecule has 0 aromatic heterocycles. The first-order valence-electron chi connectivity index (χ1n) is 6.31. The maximum absolute atomic E-state index is 12.2. The van der Waals surface area contributed by atoms with Gasteiger partial charge in [-0.3, -0.25) is 9.59 Å². The molecule has 21 heavy (non-hydrogen) atoms. The third kappa shape index (κ3) is 2.14. The van der Waals surface area contributed by atoms with Crippen molar-refractivity contribution in [3.63, 3.8) is 0 Å². The molecule has 0 spiro atoms. The van der Waals surface area contributed by atoms with Crippen LogP contribution in [0, 0.1) is 0 Å². The topological polar surface area (TPSA) is 148 Å². The van der Waals surface area contributed by atoms with Gasteiger partial charge >= 0.3 is 0 Å². The number of hydrogen-bond acceptors (Lipinski definition) is 7. The maximum atomic E-state index is 12.2. The Hall–Kier alpha value is -1.52. The molecule has 118 valence electrons. The predicted octanol–water partition coefficient (Wildman–Crippen LogP) is -3.30. The van der Waals surface area contributed by atoms with E-state index < -0.39 is 41.6 Å². The summed E-state index contributed by atoms with van der Waals surface area (Å²) in [5, 5.41) is 43.6. The first-order chi connectivity index (χ1) is 9.60. The van der Waals surface area contributed by atoms with Crippen LogP contribution in [-0.2, 0) is 14.3 Å². The highest BCUT2D eigenvalue weighted by Crippen LogP contribution is 2.32. The van der Waals surface area contributed by atoms with Gasteiger partial charge in [0, 0.05) is 0 Å². The fourth-order valence-electron chi connectivity index (χ4n) is 2.29. The van der Waals surface area contributed by atoms with Gasteiger partial charge in [0.1, 0.15) is 11.7 Å². The van der Waals surface area contributed by atoms with Crippen molar-refractivity contribution in [2.45, 2.75) is 36.5 Å². The van der Waals surface area contributed by atoms with E-state index in [-0.39, 0.29) is 18.6 Å². The van der Waals surface area contributed by atoms with Gasteiger partial charge in [-0.25, -0.2) is 0 Å². The first kappa shape index (κ1) is 15.9. The second kappa shape index (κ2) is 4.75. The second-order valence-electron chi connectivity index (χ2n) is 5.47. The molecule has 3 rings (SSSR count). The lowest BCUT2D eigenvalue weighted by atomic mass is 9.85. The summed E-state index contributed by atoms with van der Waals surface area (Å²) in [5.74, 6) is -2.09. The van der Waals surface area contributed by atoms with E-state index in [4.69, 9.17) is 9.84 Å². The number of nitrogens with one attached hydrogen (secondary N) is 2. The highest BCUT2D eigenvalue weighted by Gasteiger charge is 2.63. The van der Waals surface area contributed by atoms with E-state index in [0.29, 0.717) is 0 Å². The Morgan fingerprint density at radius 2 is 2.05 bits per heavy atom. The fraction of sp³-hybridized carbons (Fsp3) is 0.667. The van der Waals surface area contributed by atoms with Crippen LogP contribution >= 0.6 is 0 Å². The number of aliphatic hydroxyl groups is 4. The fourth-order valence-corrected chi connectivity index (χ4v) is 2.29. The number of piperazine rings is 1. The van der Waals surface area contributed by atoms with Crippen LogP contribution in [0.4, 0.5) is 0 Å². The minimum absolute atomic E-state index is 0.0325. The molecule has 4 atom stereocenters. The summed E-state index contributed by atoms with van der Waals surface area (Å²) in [5.41, 5.74) is -6.69. The lowest BCUT2D eigenvalue weighted by Gasteiger charge is -2.49. The molecule has 3 aliphatic heterocycles. The van der Waals surface area contributed by atoms with Crippen LogP contribution in [0.5, 0.6) is 0 Å². The summed E-state index contributed by atoms with van der Waals surface area (Å²) >= 11 is 0. The molecule has 6 N–H and O–H groups in total. The Labute approximate surface area is 120 Å². The summed E-state index contributed by atoms with van der Waals surface area (Å²) in [6.07, 6.45) is -1.91. The van der Waals surface area contributed by atoms with E-state index in [0.717, 1.165) is 6.92 Å². The monoisotopic (exact) mass is 302 g/mol. The quantitative estimate of drug-likeness (QED) is 0.299. The number of ether oxygens (including phenoxy) is 1. The van der Waals surface area contributed by atoms with Gasteiger partial charge in [0.2, 0.25) is 5.72 Å². The smallest absolute Gasteiger partial charge is 0.280 e. The molecule has 0 radical (unpaired) electrons. The predicted molar refractivity (Wildman–Crippen MR) is 67.4 cm³/mol. The molecule has 0 aliphatic carbocycles. The van der Waals surface area contributed by atoms with Gasteiger partial charge in [0.05, 0.1) is 13.2 Å². The largest absolute Gasteiger partial charge is 0.393 e. The molecule has 2 amide bonds. The number of hydrogen-bond donors (Lipinski definition) is 6. The molecule has 3 heterocycles. The molecule has 3 fully saturated rings. The van der Waals surface area contributed by atoms with Crippen LogP contribution in [-0.4, -0.2) is 68.6 Å². The van der Waals surface area contributed by atoms with E-state index >= 15 is 0 Å². The number of carbonyl (C=O) groups is 2. The summed E-state index contributed by atoms with van der Waals surface area (Å²) in [4.78, 5) is 24.3. The third-order valence-electron chi connectivity index (χ3n) is 3.80. The SMILES string of the molecule is C=C1CCO[C@]2([C@@H](O)[C@@](C)(O)CO)NC(=O)[C@@]1(O)NC2=O. The van der Waals surface area contributed by atoms with Crippen molar-refractivity contribution in [1.29, 1.82) is 0 Å². The van der Waals surface area contributed by atoms with Crippen LogP contribution in [0.3, 0.4) is 0 Å². The van der Waals surface area contributed by atoms with Gasteiger partial charge in [0.15, 0.2) is 0 Å². The van der Waals surface area contributed by atoms with Crippen molar-refractivity contribution >= 4 is 11.8 Å². The van der Waals surface area contributed by atoms with Crippen LogP contribution in [0.2, 0.25) is 0 Å². The molecule has 0 aromatic carbocycles. The van der Waals surface area contributed by atoms with E-state index in [9.17, 15) is 24.9 Å². The van der Waals surface area contributed by atoms with Gasteiger partial charge in [-0.1, -0.05) is 6.58 Å². The number of carbonyl (C=O) groups excluding carboxylic acids is 2. The van der Waals surface area contributed by atoms with Crippen LogP contribution in [0.25, 0.3) is 0 Å². The van der Waals surface area contributed by atoms with Crippen LogP contribution in [0.15, 0.2) is 12.2 Å². The Morgan fingerprint density at radius 3 is 2.62 bits per heavy atom. The van der Waals surface area contributed by atoms with E-state index in [1.54, 1.807) is 0 Å². The summed E-state index contributed by atoms with van der Waals surface area (Å²) < 4.78 is 5.27. The van der Waals surface area contributed by atoms with E-state index in [1.165, 1.54) is 0 Å². The minimum atomic E-state index is -2.31. The number of amides is 2. The molecule has 9 nitrogen and oxygen atoms in total. The first-order valence-corrected chi connectivity index (χ1v) is 6.31.